The highest BCUT2D eigenvalue weighted by molar-refractivity contribution is 5.87. The molecule has 0 aromatic heterocycles. The van der Waals surface area contributed by atoms with E-state index in [2.05, 4.69) is 0 Å². The van der Waals surface area contributed by atoms with Crippen LogP contribution in [0.5, 0.6) is 0 Å². The lowest BCUT2D eigenvalue weighted by Gasteiger charge is -2.20. The Labute approximate surface area is 113 Å². The molecule has 0 spiro atoms. The van der Waals surface area contributed by atoms with Gasteiger partial charge in [-0.05, 0) is 31.3 Å². The third-order valence-corrected chi connectivity index (χ3v) is 3.52. The highest BCUT2D eigenvalue weighted by Gasteiger charge is 2.22. The Morgan fingerprint density at radius 3 is 2.53 bits per heavy atom. The Morgan fingerprint density at radius 2 is 1.84 bits per heavy atom. The zero-order chi connectivity index (χ0) is 13.7. The van der Waals surface area contributed by atoms with Crippen molar-refractivity contribution in [3.63, 3.8) is 0 Å². The minimum atomic E-state index is -0.134. The summed E-state index contributed by atoms with van der Waals surface area (Å²) in [6.45, 7) is 2.41. The molecule has 0 aromatic rings. The van der Waals surface area contributed by atoms with Crippen LogP contribution in [0.25, 0.3) is 0 Å². The summed E-state index contributed by atoms with van der Waals surface area (Å²) in [4.78, 5) is 27.1. The largest absolute Gasteiger partial charge is 0.340 e. The fraction of sp³-hybridized carbons (Fsp3) is 0.643. The number of nitrogens with zero attached hydrogens (tertiary/aromatic N) is 3. The molecule has 1 heterocycles. The highest BCUT2D eigenvalue weighted by Crippen LogP contribution is 2.30. The van der Waals surface area contributed by atoms with Crippen LogP contribution in [0.15, 0.2) is 12.2 Å². The molecule has 2 aliphatic rings. The van der Waals surface area contributed by atoms with E-state index in [1.807, 2.05) is 12.1 Å². The minimum absolute atomic E-state index is 0.0430. The molecule has 5 heteroatoms. The molecular formula is C14H19N3O2. The van der Waals surface area contributed by atoms with Crippen LogP contribution in [0.4, 0.5) is 0 Å². The number of hydrogen-bond acceptors (Lipinski definition) is 3. The van der Waals surface area contributed by atoms with Gasteiger partial charge in [-0.15, -0.1) is 0 Å². The fourth-order valence-corrected chi connectivity index (χ4v) is 2.18. The second-order valence-corrected chi connectivity index (χ2v) is 5.09. The molecule has 2 rings (SSSR count). The predicted octanol–water partition coefficient (Wildman–Crippen LogP) is 0.927. The topological polar surface area (TPSA) is 64.4 Å². The first-order valence-corrected chi connectivity index (χ1v) is 6.82. The van der Waals surface area contributed by atoms with Crippen LogP contribution >= 0.6 is 0 Å². The molecule has 0 radical (unpaired) electrons. The molecular weight excluding hydrogens is 242 g/mol. The quantitative estimate of drug-likeness (QED) is 0.710. The molecule has 0 bridgehead atoms. The molecule has 0 N–H and O–H groups in total. The summed E-state index contributed by atoms with van der Waals surface area (Å²) >= 11 is 0. The van der Waals surface area contributed by atoms with Gasteiger partial charge in [-0.1, -0.05) is 6.08 Å². The number of carbonyl (C=O) groups excluding carboxylic acids is 2. The number of hydrogen-bond donors (Lipinski definition) is 0. The van der Waals surface area contributed by atoms with E-state index in [0.717, 1.165) is 6.42 Å². The van der Waals surface area contributed by atoms with Gasteiger partial charge in [0.1, 0.15) is 6.42 Å². The van der Waals surface area contributed by atoms with Gasteiger partial charge in [0.05, 0.1) is 6.07 Å². The van der Waals surface area contributed by atoms with Gasteiger partial charge in [0.15, 0.2) is 0 Å². The van der Waals surface area contributed by atoms with E-state index in [1.165, 1.54) is 12.8 Å². The van der Waals surface area contributed by atoms with Crippen LogP contribution in [-0.4, -0.2) is 47.8 Å². The van der Waals surface area contributed by atoms with E-state index in [0.29, 0.717) is 32.1 Å². The van der Waals surface area contributed by atoms with Crippen molar-refractivity contribution in [3.05, 3.63) is 12.2 Å². The second kappa shape index (κ2) is 6.37. The molecule has 102 valence electrons. The Kier molecular flexibility index (Phi) is 4.56. The third-order valence-electron chi connectivity index (χ3n) is 3.52. The normalized spacial score (nSPS) is 20.2. The SMILES string of the molecule is N#CCC(=O)N1CCCN(C(=O)/C=C/C2CC2)CC1. The van der Waals surface area contributed by atoms with Gasteiger partial charge < -0.3 is 9.80 Å². The zero-order valence-corrected chi connectivity index (χ0v) is 11.0. The van der Waals surface area contributed by atoms with Gasteiger partial charge in [0, 0.05) is 26.2 Å². The molecule has 0 atom stereocenters. The van der Waals surface area contributed by atoms with Crippen LogP contribution in [0.1, 0.15) is 25.7 Å². The van der Waals surface area contributed by atoms with Gasteiger partial charge in [-0.2, -0.15) is 5.26 Å². The van der Waals surface area contributed by atoms with Crippen LogP contribution in [0, 0.1) is 17.2 Å². The molecule has 1 saturated heterocycles. The van der Waals surface area contributed by atoms with E-state index >= 15 is 0 Å². The Bertz CT molecular complexity index is 421. The molecule has 0 unspecified atom stereocenters. The Hall–Kier alpha value is -1.83. The van der Waals surface area contributed by atoms with Crippen LogP contribution in [0.2, 0.25) is 0 Å². The summed E-state index contributed by atoms with van der Waals surface area (Å²) in [6, 6.07) is 1.88. The number of nitriles is 1. The maximum absolute atomic E-state index is 12.0. The van der Waals surface area contributed by atoms with Crippen molar-refractivity contribution >= 4 is 11.8 Å². The summed E-state index contributed by atoms with van der Waals surface area (Å²) < 4.78 is 0. The summed E-state index contributed by atoms with van der Waals surface area (Å²) in [5.74, 6) is 0.511. The van der Waals surface area contributed by atoms with Crippen molar-refractivity contribution in [2.75, 3.05) is 26.2 Å². The summed E-state index contributed by atoms with van der Waals surface area (Å²) in [5, 5.41) is 8.53. The Morgan fingerprint density at radius 1 is 1.16 bits per heavy atom. The van der Waals surface area contributed by atoms with E-state index in [9.17, 15) is 9.59 Å². The summed E-state index contributed by atoms with van der Waals surface area (Å²) in [7, 11) is 0. The van der Waals surface area contributed by atoms with Crippen molar-refractivity contribution in [2.24, 2.45) is 5.92 Å². The fourth-order valence-electron chi connectivity index (χ4n) is 2.18. The standard InChI is InChI=1S/C14H19N3O2/c15-7-6-14(19)17-9-1-8-16(10-11-17)13(18)5-4-12-2-3-12/h4-5,12H,1-3,6,8-11H2/b5-4+. The molecule has 1 aliphatic carbocycles. The van der Waals surface area contributed by atoms with Gasteiger partial charge in [0.25, 0.3) is 0 Å². The Balaban J connectivity index is 1.83. The second-order valence-electron chi connectivity index (χ2n) is 5.09. The smallest absolute Gasteiger partial charge is 0.246 e. The number of carbonyl (C=O) groups is 2. The molecule has 1 aliphatic heterocycles. The lowest BCUT2D eigenvalue weighted by molar-refractivity contribution is -0.131. The van der Waals surface area contributed by atoms with E-state index in [1.54, 1.807) is 15.9 Å². The summed E-state index contributed by atoms with van der Waals surface area (Å²) in [5.41, 5.74) is 0. The highest BCUT2D eigenvalue weighted by atomic mass is 16.2. The van der Waals surface area contributed by atoms with Gasteiger partial charge in [-0.3, -0.25) is 9.59 Å². The van der Waals surface area contributed by atoms with Gasteiger partial charge >= 0.3 is 0 Å². The third kappa shape index (κ3) is 4.09. The van der Waals surface area contributed by atoms with Crippen molar-refractivity contribution in [1.29, 1.82) is 5.26 Å². The molecule has 2 amide bonds. The average Bonchev–Trinajstić information content (AvgIpc) is 3.22. The molecule has 5 nitrogen and oxygen atoms in total. The molecule has 1 saturated carbocycles. The van der Waals surface area contributed by atoms with Crippen LogP contribution in [-0.2, 0) is 9.59 Å². The number of allylic oxidation sites excluding steroid dienone is 1. The maximum atomic E-state index is 12.0. The first-order chi connectivity index (χ1) is 9.20. The monoisotopic (exact) mass is 261 g/mol. The molecule has 19 heavy (non-hydrogen) atoms. The zero-order valence-electron chi connectivity index (χ0n) is 11.0. The predicted molar refractivity (Wildman–Crippen MR) is 69.9 cm³/mol. The summed E-state index contributed by atoms with van der Waals surface area (Å²) in [6.07, 6.45) is 6.76. The van der Waals surface area contributed by atoms with Crippen molar-refractivity contribution in [3.8, 4) is 6.07 Å². The van der Waals surface area contributed by atoms with Crippen molar-refractivity contribution in [1.82, 2.24) is 9.80 Å². The van der Waals surface area contributed by atoms with Crippen molar-refractivity contribution in [2.45, 2.75) is 25.7 Å². The van der Waals surface area contributed by atoms with E-state index in [4.69, 9.17) is 5.26 Å². The van der Waals surface area contributed by atoms with E-state index < -0.39 is 0 Å². The lowest BCUT2D eigenvalue weighted by atomic mass is 10.3. The number of rotatable bonds is 3. The average molecular weight is 261 g/mol. The van der Waals surface area contributed by atoms with Crippen molar-refractivity contribution < 1.29 is 9.59 Å². The first-order valence-electron chi connectivity index (χ1n) is 6.82. The molecule has 0 aromatic carbocycles. The minimum Gasteiger partial charge on any atom is -0.340 e. The van der Waals surface area contributed by atoms with E-state index in [-0.39, 0.29) is 18.2 Å². The number of amides is 2. The van der Waals surface area contributed by atoms with Crippen LogP contribution in [0.3, 0.4) is 0 Å². The lowest BCUT2D eigenvalue weighted by Crippen LogP contribution is -2.36. The van der Waals surface area contributed by atoms with Gasteiger partial charge in [0.2, 0.25) is 11.8 Å². The van der Waals surface area contributed by atoms with Gasteiger partial charge in [-0.25, -0.2) is 0 Å². The molecule has 2 fully saturated rings. The maximum Gasteiger partial charge on any atom is 0.246 e. The van der Waals surface area contributed by atoms with Crippen LogP contribution < -0.4 is 0 Å². The first kappa shape index (κ1) is 13.6.